The average molecular weight is 288 g/mol. The molecule has 0 spiro atoms. The van der Waals surface area contributed by atoms with Crippen molar-refractivity contribution in [2.75, 3.05) is 6.54 Å². The third-order valence-electron chi connectivity index (χ3n) is 2.80. The zero-order valence-corrected chi connectivity index (χ0v) is 12.3. The number of rotatable bonds is 6. The summed E-state index contributed by atoms with van der Waals surface area (Å²) < 4.78 is 10.9. The van der Waals surface area contributed by atoms with Crippen LogP contribution >= 0.6 is 0 Å². The van der Waals surface area contributed by atoms with Crippen molar-refractivity contribution < 1.29 is 13.9 Å². The van der Waals surface area contributed by atoms with E-state index in [2.05, 4.69) is 5.32 Å². The van der Waals surface area contributed by atoms with Crippen molar-refractivity contribution >= 4 is 5.91 Å². The van der Waals surface area contributed by atoms with Gasteiger partial charge in [-0.2, -0.15) is 0 Å². The van der Waals surface area contributed by atoms with Crippen LogP contribution < -0.4 is 15.8 Å². The molecule has 3 N–H and O–H groups in total. The smallest absolute Gasteiger partial charge is 0.287 e. The fourth-order valence-corrected chi connectivity index (χ4v) is 1.71. The fraction of sp³-hybridized carbons (Fsp3) is 0.312. The van der Waals surface area contributed by atoms with Gasteiger partial charge in [-0.15, -0.1) is 0 Å². The van der Waals surface area contributed by atoms with Crippen LogP contribution in [0.15, 0.2) is 47.1 Å². The van der Waals surface area contributed by atoms with Crippen molar-refractivity contribution in [3.8, 4) is 5.75 Å². The molecule has 0 bridgehead atoms. The number of hydrogen-bond acceptors (Lipinski definition) is 4. The van der Waals surface area contributed by atoms with E-state index in [9.17, 15) is 4.79 Å². The van der Waals surface area contributed by atoms with E-state index in [-0.39, 0.29) is 18.3 Å². The number of benzene rings is 1. The van der Waals surface area contributed by atoms with Crippen LogP contribution in [0.2, 0.25) is 0 Å². The molecule has 1 amide bonds. The molecule has 0 saturated carbocycles. The number of carbonyl (C=O) groups is 1. The molecule has 1 aromatic carbocycles. The Bertz CT molecular complexity index is 585. The Hall–Kier alpha value is -2.27. The molecule has 5 heteroatoms. The summed E-state index contributed by atoms with van der Waals surface area (Å²) in [5, 5.41) is 2.75. The molecule has 2 aromatic rings. The van der Waals surface area contributed by atoms with Crippen LogP contribution in [0.3, 0.4) is 0 Å². The minimum atomic E-state index is -0.469. The molecule has 0 aliphatic carbocycles. The molecule has 5 nitrogen and oxygen atoms in total. The molecule has 0 saturated heterocycles. The maximum Gasteiger partial charge on any atom is 0.287 e. The molecular formula is C16H20N2O3. The molecule has 0 aliphatic rings. The molecule has 112 valence electrons. The second-order valence-corrected chi connectivity index (χ2v) is 5.55. The molecule has 0 radical (unpaired) electrons. The van der Waals surface area contributed by atoms with Gasteiger partial charge in [0, 0.05) is 17.6 Å². The van der Waals surface area contributed by atoms with E-state index in [0.717, 1.165) is 5.75 Å². The number of ether oxygens (including phenoxy) is 1. The van der Waals surface area contributed by atoms with E-state index < -0.39 is 5.54 Å². The first-order valence-electron chi connectivity index (χ1n) is 6.77. The maximum absolute atomic E-state index is 12.1. The van der Waals surface area contributed by atoms with Crippen LogP contribution in [0.25, 0.3) is 0 Å². The second-order valence-electron chi connectivity index (χ2n) is 5.55. The van der Waals surface area contributed by atoms with E-state index in [1.54, 1.807) is 6.07 Å². The Balaban J connectivity index is 1.96. The van der Waals surface area contributed by atoms with Gasteiger partial charge in [-0.1, -0.05) is 18.2 Å². The highest BCUT2D eigenvalue weighted by Gasteiger charge is 2.18. The van der Waals surface area contributed by atoms with Gasteiger partial charge in [0.1, 0.15) is 12.4 Å². The molecule has 0 fully saturated rings. The van der Waals surface area contributed by atoms with Crippen LogP contribution in [0.1, 0.15) is 30.0 Å². The van der Waals surface area contributed by atoms with Crippen LogP contribution in [0.5, 0.6) is 5.75 Å². The van der Waals surface area contributed by atoms with Crippen molar-refractivity contribution in [2.24, 2.45) is 5.73 Å². The van der Waals surface area contributed by atoms with Crippen molar-refractivity contribution in [1.29, 1.82) is 0 Å². The van der Waals surface area contributed by atoms with Gasteiger partial charge in [0.15, 0.2) is 5.76 Å². The summed E-state index contributed by atoms with van der Waals surface area (Å²) in [7, 11) is 0. The number of furan rings is 1. The van der Waals surface area contributed by atoms with Gasteiger partial charge in [-0.3, -0.25) is 4.79 Å². The van der Waals surface area contributed by atoms with Gasteiger partial charge in [-0.05, 0) is 32.0 Å². The van der Waals surface area contributed by atoms with Crippen molar-refractivity contribution in [2.45, 2.75) is 26.0 Å². The minimum Gasteiger partial charge on any atom is -0.489 e. The first-order valence-corrected chi connectivity index (χ1v) is 6.77. The molecule has 21 heavy (non-hydrogen) atoms. The van der Waals surface area contributed by atoms with E-state index in [1.165, 1.54) is 6.26 Å². The van der Waals surface area contributed by atoms with Crippen LogP contribution in [0.4, 0.5) is 0 Å². The standard InChI is InChI=1S/C16H20N2O3/c1-16(2,17)11-18-15(19)14-12(8-9-20-14)10-21-13-6-4-3-5-7-13/h3-9H,10-11,17H2,1-2H3,(H,18,19). The maximum atomic E-state index is 12.1. The zero-order valence-electron chi connectivity index (χ0n) is 12.3. The number of carbonyl (C=O) groups excluding carboxylic acids is 1. The number of hydrogen-bond donors (Lipinski definition) is 2. The van der Waals surface area contributed by atoms with E-state index in [1.807, 2.05) is 44.2 Å². The lowest BCUT2D eigenvalue weighted by Gasteiger charge is -2.18. The van der Waals surface area contributed by atoms with Crippen LogP contribution in [0, 0.1) is 0 Å². The summed E-state index contributed by atoms with van der Waals surface area (Å²) in [5.41, 5.74) is 6.07. The quantitative estimate of drug-likeness (QED) is 0.855. The van der Waals surface area contributed by atoms with Gasteiger partial charge >= 0.3 is 0 Å². The lowest BCUT2D eigenvalue weighted by molar-refractivity contribution is 0.0915. The van der Waals surface area contributed by atoms with Gasteiger partial charge < -0.3 is 20.2 Å². The highest BCUT2D eigenvalue weighted by Crippen LogP contribution is 2.15. The summed E-state index contributed by atoms with van der Waals surface area (Å²) in [6.07, 6.45) is 1.48. The largest absolute Gasteiger partial charge is 0.489 e. The second kappa shape index (κ2) is 6.45. The van der Waals surface area contributed by atoms with E-state index in [4.69, 9.17) is 14.9 Å². The third kappa shape index (κ3) is 4.65. The summed E-state index contributed by atoms with van der Waals surface area (Å²) in [6, 6.07) is 11.1. The van der Waals surface area contributed by atoms with Crippen molar-refractivity contribution in [3.63, 3.8) is 0 Å². The van der Waals surface area contributed by atoms with Crippen LogP contribution in [-0.2, 0) is 6.61 Å². The molecular weight excluding hydrogens is 268 g/mol. The Morgan fingerprint density at radius 2 is 2.00 bits per heavy atom. The Kier molecular flexibility index (Phi) is 4.65. The van der Waals surface area contributed by atoms with Crippen LogP contribution in [-0.4, -0.2) is 18.0 Å². The van der Waals surface area contributed by atoms with Gasteiger partial charge in [0.2, 0.25) is 0 Å². The van der Waals surface area contributed by atoms with Gasteiger partial charge in [-0.25, -0.2) is 0 Å². The predicted octanol–water partition coefficient (Wildman–Crippen LogP) is 2.33. The number of para-hydroxylation sites is 1. The summed E-state index contributed by atoms with van der Waals surface area (Å²) in [6.45, 7) is 4.32. The molecule has 2 rings (SSSR count). The summed E-state index contributed by atoms with van der Waals surface area (Å²) in [5.74, 6) is 0.716. The normalized spacial score (nSPS) is 11.2. The zero-order chi connectivity index (χ0) is 15.3. The Labute approximate surface area is 124 Å². The Morgan fingerprint density at radius 3 is 2.67 bits per heavy atom. The van der Waals surface area contributed by atoms with Crippen molar-refractivity contribution in [1.82, 2.24) is 5.32 Å². The van der Waals surface area contributed by atoms with Crippen molar-refractivity contribution in [3.05, 3.63) is 54.0 Å². The lowest BCUT2D eigenvalue weighted by Crippen LogP contribution is -2.45. The monoisotopic (exact) mass is 288 g/mol. The average Bonchev–Trinajstić information content (AvgIpc) is 2.91. The van der Waals surface area contributed by atoms with Gasteiger partial charge in [0.05, 0.1) is 6.26 Å². The number of nitrogens with one attached hydrogen (secondary N) is 1. The first-order chi connectivity index (χ1) is 9.96. The molecule has 1 aromatic heterocycles. The molecule has 0 aliphatic heterocycles. The molecule has 1 heterocycles. The topological polar surface area (TPSA) is 77.5 Å². The summed E-state index contributed by atoms with van der Waals surface area (Å²) >= 11 is 0. The highest BCUT2D eigenvalue weighted by atomic mass is 16.5. The fourth-order valence-electron chi connectivity index (χ4n) is 1.71. The van der Waals surface area contributed by atoms with Gasteiger partial charge in [0.25, 0.3) is 5.91 Å². The lowest BCUT2D eigenvalue weighted by atomic mass is 10.1. The third-order valence-corrected chi connectivity index (χ3v) is 2.80. The number of nitrogens with two attached hydrogens (primary N) is 1. The first kappa shape index (κ1) is 15.1. The molecule has 0 atom stereocenters. The SMILES string of the molecule is CC(C)(N)CNC(=O)c1occc1COc1ccccc1. The Morgan fingerprint density at radius 1 is 1.29 bits per heavy atom. The van der Waals surface area contributed by atoms with E-state index in [0.29, 0.717) is 12.1 Å². The minimum absolute atomic E-state index is 0.259. The number of amides is 1. The van der Waals surface area contributed by atoms with E-state index >= 15 is 0 Å². The highest BCUT2D eigenvalue weighted by molar-refractivity contribution is 5.92. The predicted molar refractivity (Wildman–Crippen MR) is 80.1 cm³/mol. The summed E-state index contributed by atoms with van der Waals surface area (Å²) in [4.78, 5) is 12.1. The molecule has 0 unspecified atom stereocenters.